The fourth-order valence-electron chi connectivity index (χ4n) is 2.32. The van der Waals surface area contributed by atoms with Crippen molar-refractivity contribution < 1.29 is 4.79 Å². The van der Waals surface area contributed by atoms with Gasteiger partial charge in [0.05, 0.1) is 11.9 Å². The average Bonchev–Trinajstić information content (AvgIpc) is 3.01. The van der Waals surface area contributed by atoms with Crippen molar-refractivity contribution >= 4 is 17.6 Å². The summed E-state index contributed by atoms with van der Waals surface area (Å²) in [6.45, 7) is 0.667. The van der Waals surface area contributed by atoms with Gasteiger partial charge in [0.25, 0.3) is 0 Å². The molecule has 0 radical (unpaired) electrons. The first-order valence-corrected chi connectivity index (χ1v) is 7.48. The van der Waals surface area contributed by atoms with E-state index >= 15 is 0 Å². The smallest absolute Gasteiger partial charge is 0.246 e. The van der Waals surface area contributed by atoms with Crippen LogP contribution in [0.15, 0.2) is 61.2 Å². The van der Waals surface area contributed by atoms with Gasteiger partial charge in [-0.15, -0.1) is 0 Å². The van der Waals surface area contributed by atoms with E-state index in [0.29, 0.717) is 6.54 Å². The molecule has 0 saturated heterocycles. The highest BCUT2D eigenvalue weighted by molar-refractivity contribution is 5.91. The van der Waals surface area contributed by atoms with Crippen LogP contribution in [0.2, 0.25) is 0 Å². The van der Waals surface area contributed by atoms with Gasteiger partial charge in [0.15, 0.2) is 0 Å². The number of hydrogen-bond acceptors (Lipinski definition) is 3. The Labute approximate surface area is 134 Å². The highest BCUT2D eigenvalue weighted by Crippen LogP contribution is 2.08. The Morgan fingerprint density at radius 1 is 1.26 bits per heavy atom. The van der Waals surface area contributed by atoms with Crippen LogP contribution in [-0.4, -0.2) is 38.8 Å². The van der Waals surface area contributed by atoms with E-state index in [1.165, 1.54) is 5.56 Å². The lowest BCUT2D eigenvalue weighted by Gasteiger charge is -2.14. The summed E-state index contributed by atoms with van der Waals surface area (Å²) in [5.74, 6) is -0.0232. The normalized spacial score (nSPS) is 11.2. The van der Waals surface area contributed by atoms with E-state index in [2.05, 4.69) is 9.97 Å². The van der Waals surface area contributed by atoms with Crippen molar-refractivity contribution in [1.29, 1.82) is 0 Å². The van der Waals surface area contributed by atoms with E-state index in [9.17, 15) is 4.79 Å². The quantitative estimate of drug-likeness (QED) is 0.680. The third-order valence-corrected chi connectivity index (χ3v) is 3.70. The molecule has 116 valence electrons. The topological polar surface area (TPSA) is 50.5 Å². The van der Waals surface area contributed by atoms with Crippen LogP contribution in [0.1, 0.15) is 11.3 Å². The monoisotopic (exact) mass is 306 g/mol. The van der Waals surface area contributed by atoms with Crippen LogP contribution >= 0.6 is 0 Å². The second-order valence-corrected chi connectivity index (χ2v) is 5.31. The summed E-state index contributed by atoms with van der Waals surface area (Å²) in [6.07, 6.45) is 11.4. The van der Waals surface area contributed by atoms with Crippen LogP contribution in [0.5, 0.6) is 0 Å². The minimum absolute atomic E-state index is 0.0232. The molecule has 0 aliphatic heterocycles. The number of amides is 1. The van der Waals surface area contributed by atoms with E-state index in [4.69, 9.17) is 0 Å². The third-order valence-electron chi connectivity index (χ3n) is 3.70. The molecule has 5 heteroatoms. The molecule has 0 aliphatic carbocycles. The number of likely N-dealkylation sites (N-methyl/N-ethyl adjacent to an activating group) is 1. The van der Waals surface area contributed by atoms with Gasteiger partial charge < -0.3 is 9.30 Å². The first kappa shape index (κ1) is 15.0. The highest BCUT2D eigenvalue weighted by atomic mass is 16.2. The van der Waals surface area contributed by atoms with Crippen LogP contribution in [0.3, 0.4) is 0 Å². The Bertz CT molecular complexity index is 823. The van der Waals surface area contributed by atoms with Gasteiger partial charge in [0.2, 0.25) is 5.91 Å². The molecule has 0 atom stereocenters. The Hall–Kier alpha value is -2.95. The van der Waals surface area contributed by atoms with E-state index in [0.717, 1.165) is 17.8 Å². The molecule has 0 bridgehead atoms. The van der Waals surface area contributed by atoms with Crippen LogP contribution in [0, 0.1) is 0 Å². The third kappa shape index (κ3) is 3.63. The SMILES string of the molecule is CN(CCc1ccncc1)C(=O)/C=C/c1cnc2ccccn12. The maximum Gasteiger partial charge on any atom is 0.246 e. The van der Waals surface area contributed by atoms with Crippen molar-refractivity contribution in [3.8, 4) is 0 Å². The Balaban J connectivity index is 1.61. The molecule has 0 spiro atoms. The lowest BCUT2D eigenvalue weighted by molar-refractivity contribution is -0.124. The van der Waals surface area contributed by atoms with Gasteiger partial charge in [0.1, 0.15) is 5.65 Å². The molecule has 0 aliphatic rings. The number of imidazole rings is 1. The molecular formula is C18H18N4O. The van der Waals surface area contributed by atoms with Gasteiger partial charge in [-0.25, -0.2) is 4.98 Å². The van der Waals surface area contributed by atoms with Crippen LogP contribution < -0.4 is 0 Å². The predicted octanol–water partition coefficient (Wildman–Crippen LogP) is 2.44. The summed E-state index contributed by atoms with van der Waals surface area (Å²) < 4.78 is 1.95. The van der Waals surface area contributed by atoms with Crippen molar-refractivity contribution in [2.75, 3.05) is 13.6 Å². The van der Waals surface area contributed by atoms with Gasteiger partial charge in [0, 0.05) is 38.3 Å². The van der Waals surface area contributed by atoms with E-state index < -0.39 is 0 Å². The molecule has 23 heavy (non-hydrogen) atoms. The number of hydrogen-bond donors (Lipinski definition) is 0. The Morgan fingerprint density at radius 3 is 2.91 bits per heavy atom. The van der Waals surface area contributed by atoms with Gasteiger partial charge in [-0.1, -0.05) is 6.07 Å². The number of aromatic nitrogens is 3. The zero-order valence-electron chi connectivity index (χ0n) is 13.0. The molecule has 0 N–H and O–H groups in total. The van der Waals surface area contributed by atoms with Crippen LogP contribution in [0.25, 0.3) is 11.7 Å². The lowest BCUT2D eigenvalue weighted by Crippen LogP contribution is -2.27. The lowest BCUT2D eigenvalue weighted by atomic mass is 10.2. The van der Waals surface area contributed by atoms with Crippen molar-refractivity contribution in [3.63, 3.8) is 0 Å². The first-order valence-electron chi connectivity index (χ1n) is 7.48. The standard InChI is InChI=1S/C18H18N4O/c1-21(13-9-15-7-10-19-11-8-15)18(23)6-5-16-14-20-17-4-2-3-12-22(16)17/h2-8,10-12,14H,9,13H2,1H3/b6-5+. The summed E-state index contributed by atoms with van der Waals surface area (Å²) in [7, 11) is 1.81. The molecule has 0 unspecified atom stereocenters. The fraction of sp³-hybridized carbons (Fsp3) is 0.167. The molecule has 5 nitrogen and oxygen atoms in total. The maximum absolute atomic E-state index is 12.2. The largest absolute Gasteiger partial charge is 0.342 e. The summed E-state index contributed by atoms with van der Waals surface area (Å²) in [5.41, 5.74) is 2.92. The second-order valence-electron chi connectivity index (χ2n) is 5.31. The minimum atomic E-state index is -0.0232. The molecule has 0 fully saturated rings. The molecular weight excluding hydrogens is 288 g/mol. The molecule has 1 amide bonds. The molecule has 0 saturated carbocycles. The van der Waals surface area contributed by atoms with Gasteiger partial charge in [-0.3, -0.25) is 9.78 Å². The van der Waals surface area contributed by atoms with Gasteiger partial charge in [-0.05, 0) is 42.3 Å². The minimum Gasteiger partial charge on any atom is -0.342 e. The van der Waals surface area contributed by atoms with Crippen molar-refractivity contribution in [2.24, 2.45) is 0 Å². The predicted molar refractivity (Wildman–Crippen MR) is 89.8 cm³/mol. The Morgan fingerprint density at radius 2 is 2.09 bits per heavy atom. The second kappa shape index (κ2) is 6.87. The van der Waals surface area contributed by atoms with E-state index in [1.54, 1.807) is 35.6 Å². The molecule has 3 heterocycles. The zero-order valence-corrected chi connectivity index (χ0v) is 13.0. The maximum atomic E-state index is 12.2. The highest BCUT2D eigenvalue weighted by Gasteiger charge is 2.06. The molecule has 3 rings (SSSR count). The molecule has 3 aromatic heterocycles. The molecule has 3 aromatic rings. The number of fused-ring (bicyclic) bond motifs is 1. The van der Waals surface area contributed by atoms with Gasteiger partial charge in [-0.2, -0.15) is 0 Å². The Kier molecular flexibility index (Phi) is 4.47. The summed E-state index contributed by atoms with van der Waals surface area (Å²) >= 11 is 0. The number of carbonyl (C=O) groups excluding carboxylic acids is 1. The summed E-state index contributed by atoms with van der Waals surface area (Å²) in [5, 5.41) is 0. The van der Waals surface area contributed by atoms with Crippen molar-refractivity contribution in [3.05, 3.63) is 72.5 Å². The number of rotatable bonds is 5. The number of pyridine rings is 2. The average molecular weight is 306 g/mol. The van der Waals surface area contributed by atoms with Crippen LogP contribution in [-0.2, 0) is 11.2 Å². The van der Waals surface area contributed by atoms with E-state index in [-0.39, 0.29) is 5.91 Å². The first-order chi connectivity index (χ1) is 11.2. The van der Waals surface area contributed by atoms with Crippen LogP contribution in [0.4, 0.5) is 0 Å². The molecule has 0 aromatic carbocycles. The zero-order chi connectivity index (χ0) is 16.1. The number of nitrogens with zero attached hydrogens (tertiary/aromatic N) is 4. The fourth-order valence-corrected chi connectivity index (χ4v) is 2.32. The van der Waals surface area contributed by atoms with Crippen molar-refractivity contribution in [1.82, 2.24) is 19.3 Å². The summed E-state index contributed by atoms with van der Waals surface area (Å²) in [6, 6.07) is 9.74. The van der Waals surface area contributed by atoms with E-state index in [1.807, 2.05) is 48.0 Å². The summed E-state index contributed by atoms with van der Waals surface area (Å²) in [4.78, 5) is 22.2. The van der Waals surface area contributed by atoms with Gasteiger partial charge >= 0.3 is 0 Å². The van der Waals surface area contributed by atoms with Crippen molar-refractivity contribution in [2.45, 2.75) is 6.42 Å². The number of carbonyl (C=O) groups is 1.